The molecule has 0 saturated heterocycles. The van der Waals surface area contributed by atoms with Gasteiger partial charge in [0.2, 0.25) is 0 Å². The molecular weight excluding hydrogens is 230 g/mol. The van der Waals surface area contributed by atoms with Gasteiger partial charge in [-0.05, 0) is 0 Å². The van der Waals surface area contributed by atoms with Crippen molar-refractivity contribution in [2.75, 3.05) is 0 Å². The third kappa shape index (κ3) is 1.38. The Morgan fingerprint density at radius 2 is 1.83 bits per heavy atom. The van der Waals surface area contributed by atoms with Crippen LogP contribution >= 0.6 is 15.9 Å². The lowest BCUT2D eigenvalue weighted by atomic mass is 10.5. The molecule has 0 aromatic heterocycles. The molecule has 0 spiro atoms. The van der Waals surface area contributed by atoms with Gasteiger partial charge in [-0.1, -0.05) is 15.9 Å². The van der Waals surface area contributed by atoms with Crippen molar-refractivity contribution in [3.63, 3.8) is 0 Å². The van der Waals surface area contributed by atoms with Crippen LogP contribution in [-0.2, 0) is 14.4 Å². The van der Waals surface area contributed by atoms with Gasteiger partial charge < -0.3 is 5.11 Å². The summed E-state index contributed by atoms with van der Waals surface area (Å²) in [6, 6.07) is 0. The zero-order valence-corrected chi connectivity index (χ0v) is 7.32. The molecular formula is C6H4BrNO4. The Labute approximate surface area is 75.8 Å². The molecule has 64 valence electrons. The summed E-state index contributed by atoms with van der Waals surface area (Å²) in [4.78, 5) is 31.4. The summed E-state index contributed by atoms with van der Waals surface area (Å²) in [5, 5.41) is 8.46. The number of carbonyl (C=O) groups is 3. The molecule has 1 unspecified atom stereocenters. The number of carbonyl (C=O) groups excluding carboxylic acids is 2. The number of hydrogen-bond acceptors (Lipinski definition) is 3. The maximum Gasteiger partial charge on any atom is 0.338 e. The van der Waals surface area contributed by atoms with Crippen LogP contribution in [0, 0.1) is 0 Å². The highest BCUT2D eigenvalue weighted by Crippen LogP contribution is 2.13. The first-order chi connectivity index (χ1) is 5.54. The van der Waals surface area contributed by atoms with E-state index < -0.39 is 22.7 Å². The Balaban J connectivity index is 2.83. The second-order valence-electron chi connectivity index (χ2n) is 2.05. The standard InChI is InChI=1S/C6H4BrNO4/c7-5(6(11)12)8-3(9)1-2-4(8)10/h1-2,5H,(H,11,12). The van der Waals surface area contributed by atoms with Crippen LogP contribution in [0.2, 0.25) is 0 Å². The summed E-state index contributed by atoms with van der Waals surface area (Å²) in [5.41, 5.74) is 0. The molecule has 1 rings (SSSR count). The molecule has 1 aliphatic heterocycles. The number of carboxylic acid groups (broad SMARTS) is 1. The molecule has 0 saturated carbocycles. The van der Waals surface area contributed by atoms with E-state index in [2.05, 4.69) is 15.9 Å². The molecule has 2 amide bonds. The van der Waals surface area contributed by atoms with Crippen LogP contribution < -0.4 is 0 Å². The van der Waals surface area contributed by atoms with Gasteiger partial charge in [-0.25, -0.2) is 4.79 Å². The fourth-order valence-corrected chi connectivity index (χ4v) is 1.15. The van der Waals surface area contributed by atoms with E-state index in [1.165, 1.54) is 0 Å². The van der Waals surface area contributed by atoms with E-state index in [1.807, 2.05) is 0 Å². The van der Waals surface area contributed by atoms with E-state index in [-0.39, 0.29) is 0 Å². The van der Waals surface area contributed by atoms with E-state index in [1.54, 1.807) is 0 Å². The summed E-state index contributed by atoms with van der Waals surface area (Å²) in [7, 11) is 0. The summed E-state index contributed by atoms with van der Waals surface area (Å²) in [6.45, 7) is 0. The topological polar surface area (TPSA) is 74.7 Å². The lowest BCUT2D eigenvalue weighted by molar-refractivity contribution is -0.149. The monoisotopic (exact) mass is 233 g/mol. The molecule has 0 aromatic rings. The molecule has 1 N–H and O–H groups in total. The number of halogens is 1. The SMILES string of the molecule is O=C(O)C(Br)N1C(=O)C=CC1=O. The number of nitrogens with zero attached hydrogens (tertiary/aromatic N) is 1. The zero-order valence-electron chi connectivity index (χ0n) is 5.73. The van der Waals surface area contributed by atoms with Crippen LogP contribution in [0.15, 0.2) is 12.2 Å². The molecule has 0 aliphatic carbocycles. The fraction of sp³-hybridized carbons (Fsp3) is 0.167. The first-order valence-electron chi connectivity index (χ1n) is 2.96. The average molecular weight is 234 g/mol. The summed E-state index contributed by atoms with van der Waals surface area (Å²) < 4.78 is 0. The minimum Gasteiger partial charge on any atom is -0.479 e. The highest BCUT2D eigenvalue weighted by molar-refractivity contribution is 9.09. The van der Waals surface area contributed by atoms with E-state index in [0.29, 0.717) is 4.90 Å². The molecule has 1 aliphatic rings. The summed E-state index contributed by atoms with van der Waals surface area (Å²) in [5.74, 6) is -2.52. The van der Waals surface area contributed by atoms with E-state index in [4.69, 9.17) is 5.11 Å². The number of alkyl halides is 1. The summed E-state index contributed by atoms with van der Waals surface area (Å²) in [6.07, 6.45) is 2.05. The lowest BCUT2D eigenvalue weighted by Gasteiger charge is -2.15. The van der Waals surface area contributed by atoms with Gasteiger partial charge in [0.1, 0.15) is 0 Å². The summed E-state index contributed by atoms with van der Waals surface area (Å²) >= 11 is 2.69. The highest BCUT2D eigenvalue weighted by atomic mass is 79.9. The quantitative estimate of drug-likeness (QED) is 0.405. The molecule has 1 heterocycles. The number of hydrogen-bond donors (Lipinski definition) is 1. The first kappa shape index (κ1) is 8.92. The molecule has 0 fully saturated rings. The number of amides is 2. The van der Waals surface area contributed by atoms with Gasteiger partial charge in [-0.2, -0.15) is 0 Å². The maximum atomic E-state index is 10.9. The molecule has 5 nitrogen and oxygen atoms in total. The Morgan fingerprint density at radius 3 is 2.17 bits per heavy atom. The number of imide groups is 1. The first-order valence-corrected chi connectivity index (χ1v) is 3.87. The smallest absolute Gasteiger partial charge is 0.338 e. The van der Waals surface area contributed by atoms with Crippen LogP contribution in [0.5, 0.6) is 0 Å². The van der Waals surface area contributed by atoms with Crippen molar-refractivity contribution in [3.05, 3.63) is 12.2 Å². The Kier molecular flexibility index (Phi) is 2.27. The Bertz CT molecular complexity index is 267. The second kappa shape index (κ2) is 3.06. The average Bonchev–Trinajstić information content (AvgIpc) is 2.30. The van der Waals surface area contributed by atoms with E-state index in [9.17, 15) is 14.4 Å². The zero-order chi connectivity index (χ0) is 9.30. The van der Waals surface area contributed by atoms with Gasteiger partial charge >= 0.3 is 5.97 Å². The van der Waals surface area contributed by atoms with Crippen molar-refractivity contribution < 1.29 is 19.5 Å². The van der Waals surface area contributed by atoms with E-state index >= 15 is 0 Å². The number of aliphatic carboxylic acids is 1. The molecule has 0 bridgehead atoms. The van der Waals surface area contributed by atoms with Gasteiger partial charge in [0.05, 0.1) is 0 Å². The molecule has 6 heteroatoms. The van der Waals surface area contributed by atoms with Crippen molar-refractivity contribution in [2.45, 2.75) is 4.95 Å². The van der Waals surface area contributed by atoms with Crippen molar-refractivity contribution in [1.29, 1.82) is 0 Å². The van der Waals surface area contributed by atoms with Gasteiger partial charge in [0, 0.05) is 12.2 Å². The van der Waals surface area contributed by atoms with Gasteiger partial charge in [0.15, 0.2) is 4.95 Å². The molecule has 0 aromatic carbocycles. The molecule has 0 radical (unpaired) electrons. The van der Waals surface area contributed by atoms with Crippen LogP contribution in [0.3, 0.4) is 0 Å². The predicted molar refractivity (Wildman–Crippen MR) is 41.3 cm³/mol. The second-order valence-corrected chi connectivity index (χ2v) is 2.92. The lowest BCUT2D eigenvalue weighted by Crippen LogP contribution is -2.40. The van der Waals surface area contributed by atoms with Gasteiger partial charge in [-0.3, -0.25) is 14.5 Å². The normalized spacial score (nSPS) is 18.6. The minimum atomic E-state index is -1.28. The third-order valence-corrected chi connectivity index (χ3v) is 2.07. The van der Waals surface area contributed by atoms with Crippen molar-refractivity contribution in [1.82, 2.24) is 4.90 Å². The van der Waals surface area contributed by atoms with Crippen LogP contribution in [0.1, 0.15) is 0 Å². The predicted octanol–water partition coefficient (Wildman–Crippen LogP) is -0.283. The molecule has 1 atom stereocenters. The van der Waals surface area contributed by atoms with Crippen LogP contribution in [-0.4, -0.2) is 32.7 Å². The van der Waals surface area contributed by atoms with Gasteiger partial charge in [-0.15, -0.1) is 0 Å². The largest absolute Gasteiger partial charge is 0.479 e. The number of carboxylic acids is 1. The Hall–Kier alpha value is -1.17. The van der Waals surface area contributed by atoms with Gasteiger partial charge in [0.25, 0.3) is 11.8 Å². The number of rotatable bonds is 2. The van der Waals surface area contributed by atoms with Crippen LogP contribution in [0.4, 0.5) is 0 Å². The fourth-order valence-electron chi connectivity index (χ4n) is 0.746. The molecule has 12 heavy (non-hydrogen) atoms. The van der Waals surface area contributed by atoms with E-state index in [0.717, 1.165) is 12.2 Å². The third-order valence-electron chi connectivity index (χ3n) is 1.27. The Morgan fingerprint density at radius 1 is 1.42 bits per heavy atom. The highest BCUT2D eigenvalue weighted by Gasteiger charge is 2.33. The maximum absolute atomic E-state index is 10.9. The minimum absolute atomic E-state index is 0.613. The van der Waals surface area contributed by atoms with Crippen molar-refractivity contribution >= 4 is 33.7 Å². The van der Waals surface area contributed by atoms with Crippen LogP contribution in [0.25, 0.3) is 0 Å². The van der Waals surface area contributed by atoms with Crippen molar-refractivity contribution in [3.8, 4) is 0 Å². The van der Waals surface area contributed by atoms with Crippen molar-refractivity contribution in [2.24, 2.45) is 0 Å².